The molecule has 0 spiro atoms. The highest BCUT2D eigenvalue weighted by Crippen LogP contribution is 2.41. The van der Waals surface area contributed by atoms with Gasteiger partial charge in [-0.2, -0.15) is 0 Å². The van der Waals surface area contributed by atoms with Crippen molar-refractivity contribution in [2.75, 3.05) is 59.2 Å². The van der Waals surface area contributed by atoms with Gasteiger partial charge in [-0.15, -0.1) is 0 Å². The molecule has 2 fully saturated rings. The average molecular weight is 807 g/mol. The van der Waals surface area contributed by atoms with Gasteiger partial charge in [0.1, 0.15) is 6.56 Å². The summed E-state index contributed by atoms with van der Waals surface area (Å²) in [6.45, 7) is -47.2. The number of ether oxygens (including phenoxy) is 2. The first-order chi connectivity index (χ1) is 49.1. The summed E-state index contributed by atoms with van der Waals surface area (Å²) in [5, 5.41) is 32.7. The molecule has 0 amide bonds. The number of esters is 2. The molecule has 0 aromatic heterocycles. The molecule has 0 bridgehead atoms. The zero-order chi connectivity index (χ0) is 92.5. The minimum Gasteiger partial charge on any atom is -0.467 e. The van der Waals surface area contributed by atoms with E-state index in [1.165, 1.54) is 11.8 Å². The largest absolute Gasteiger partial charge is 0.467 e. The number of rotatable bonds is 13. The SMILES string of the molecule is [2H]C([2H])(O)C#CC([2H])([2H])N(C([2H])([2H])C([2H])([2H])[2H])C([2H])([2H])C([2H])([2H])[2H].[2H]c1c([2H])c([2H])c([C@](O)(C(=O)OC([2H])([2H])C#CC([2H])([2H])N(C([2H])([2H])C([2H])([2H])[2H])C([2H])([2H])C([2H])([2H])[2H])C2([2H])C([2H])([2H])C([2H])([2H])C([2H])([2H])C([2H])([2H])C2([2H])[2H])c([2H])c1[2H].[2H]c1c([2H])c([2H])c([C@](O)(C(=O)OC)C2([2H])C([2H])([2H])C([2H])([2H])C([2H])([2H])C([2H])([2H])C2([2H])[2H])c([2H])c1[2H]. The van der Waals surface area contributed by atoms with Crippen LogP contribution in [0.2, 0.25) is 0 Å². The number of methoxy groups -OCH3 is 1. The quantitative estimate of drug-likeness (QED) is 0.159. The maximum absolute atomic E-state index is 14.1. The summed E-state index contributed by atoms with van der Waals surface area (Å²) in [5.41, 5.74) is -13.0. The molecule has 2 aromatic rings. The molecule has 2 saturated carbocycles. The molecule has 9 nitrogen and oxygen atoms in total. The lowest BCUT2D eigenvalue weighted by molar-refractivity contribution is -0.174. The Morgan fingerprint density at radius 3 is 1.54 bits per heavy atom. The van der Waals surface area contributed by atoms with Crippen LogP contribution in [0, 0.1) is 35.5 Å². The van der Waals surface area contributed by atoms with Crippen molar-refractivity contribution < 1.29 is 117 Å². The van der Waals surface area contributed by atoms with E-state index in [4.69, 9.17) is 87.4 Å². The van der Waals surface area contributed by atoms with Gasteiger partial charge >= 0.3 is 11.9 Å². The Morgan fingerprint density at radius 1 is 0.741 bits per heavy atom. The third-order valence-electron chi connectivity index (χ3n) is 5.38. The first-order valence-corrected chi connectivity index (χ1v) is 13.4. The number of nitrogens with zero attached hydrogens (tertiary/aromatic N) is 2. The smallest absolute Gasteiger partial charge is 0.344 e. The average Bonchev–Trinajstić information content (AvgIpc) is 0.649. The Labute approximate surface area is 409 Å². The Kier molecular flexibility index (Phi) is 4.78. The van der Waals surface area contributed by atoms with Crippen LogP contribution in [0.4, 0.5) is 0 Å². The molecule has 298 valence electrons. The van der Waals surface area contributed by atoms with Crippen LogP contribution < -0.4 is 0 Å². The second-order valence-electron chi connectivity index (χ2n) is 8.36. The zero-order valence-electron chi connectivity index (χ0n) is 86.9. The Morgan fingerprint density at radius 2 is 1.15 bits per heavy atom. The van der Waals surface area contributed by atoms with Crippen molar-refractivity contribution >= 4 is 11.9 Å². The number of hydrogen-bond acceptors (Lipinski definition) is 9. The van der Waals surface area contributed by atoms with E-state index in [0.717, 1.165) is 11.8 Å². The van der Waals surface area contributed by atoms with Gasteiger partial charge in [-0.25, -0.2) is 9.59 Å². The number of carbonyl (C=O) groups excluding carboxylic acids is 2. The highest BCUT2D eigenvalue weighted by molar-refractivity contribution is 5.82. The maximum atomic E-state index is 14.1. The molecule has 2 atom stereocenters. The van der Waals surface area contributed by atoms with Crippen molar-refractivity contribution in [3.63, 3.8) is 0 Å². The molecule has 9 heteroatoms. The maximum Gasteiger partial charge on any atom is 0.344 e. The molecule has 54 heavy (non-hydrogen) atoms. The first-order valence-electron chi connectivity index (χ1n) is 43.4. The lowest BCUT2D eigenvalue weighted by Crippen LogP contribution is -2.45. The molecule has 2 aliphatic rings. The second-order valence-corrected chi connectivity index (χ2v) is 8.36. The third-order valence-corrected chi connectivity index (χ3v) is 5.38. The van der Waals surface area contributed by atoms with Crippen LogP contribution in [-0.2, 0) is 30.3 Å². The van der Waals surface area contributed by atoms with Crippen LogP contribution in [0.15, 0.2) is 60.4 Å². The molecular weight excluding hydrogens is 681 g/mol. The summed E-state index contributed by atoms with van der Waals surface area (Å²) in [5.74, 6) is -9.78. The van der Waals surface area contributed by atoms with Gasteiger partial charge in [0.25, 0.3) is 0 Å². The fraction of sp³-hybridized carbons (Fsp3) is 0.600. The van der Waals surface area contributed by atoms with Crippen molar-refractivity contribution in [3.05, 3.63) is 71.6 Å². The van der Waals surface area contributed by atoms with Gasteiger partial charge in [-0.05, 0) is 62.6 Å². The fourth-order valence-electron chi connectivity index (χ4n) is 3.06. The molecule has 3 N–H and O–H groups in total. The van der Waals surface area contributed by atoms with Crippen LogP contribution >= 0.6 is 0 Å². The summed E-state index contributed by atoms with van der Waals surface area (Å²) in [6, 6.07) is -14.2. The van der Waals surface area contributed by atoms with E-state index in [0.29, 0.717) is 7.11 Å². The normalized spacial score (nSPS) is 46.6. The van der Waals surface area contributed by atoms with Crippen LogP contribution in [-0.4, -0.2) is 96.3 Å². The highest BCUT2D eigenvalue weighted by atomic mass is 16.6. The third kappa shape index (κ3) is 14.2. The number of carbonyl (C=O) groups is 2. The molecule has 0 radical (unpaired) electrons. The van der Waals surface area contributed by atoms with Crippen LogP contribution in [0.5, 0.6) is 0 Å². The van der Waals surface area contributed by atoms with Crippen molar-refractivity contribution in [1.29, 1.82) is 0 Å². The minimum atomic E-state index is -5.08. The minimum absolute atomic E-state index is 0.558. The zero-order valence-corrected chi connectivity index (χ0v) is 26.9. The Hall–Kier alpha value is -3.70. The topological polar surface area (TPSA) is 120 Å². The highest BCUT2D eigenvalue weighted by Gasteiger charge is 2.48. The van der Waals surface area contributed by atoms with Gasteiger partial charge in [0.15, 0.2) is 17.8 Å². The fourth-order valence-corrected chi connectivity index (χ4v) is 3.06. The van der Waals surface area contributed by atoms with Gasteiger partial charge < -0.3 is 24.8 Å². The molecular formula is C45H66N2O7. The summed E-state index contributed by atoms with van der Waals surface area (Å²) < 4.78 is 480. The summed E-state index contributed by atoms with van der Waals surface area (Å²) in [7, 11) is 0.558. The van der Waals surface area contributed by atoms with E-state index < -0.39 is 260 Å². The summed E-state index contributed by atoms with van der Waals surface area (Å²) in [4.78, 5) is 25.2. The van der Waals surface area contributed by atoms with Crippen LogP contribution in [0.1, 0.15) is 185 Å². The molecule has 0 aliphatic heterocycles. The van der Waals surface area contributed by atoms with Gasteiger partial charge in [0.05, 0.1) is 44.8 Å². The van der Waals surface area contributed by atoms with Crippen molar-refractivity contribution in [1.82, 2.24) is 9.80 Å². The predicted octanol–water partition coefficient (Wildman–Crippen LogP) is 6.29. The Bertz CT molecular complexity index is 3980. The van der Waals surface area contributed by atoms with Crippen LogP contribution in [0.3, 0.4) is 0 Å². The number of benzene rings is 2. The molecule has 0 saturated heterocycles. The predicted molar refractivity (Wildman–Crippen MR) is 215 cm³/mol. The Balaban J connectivity index is 0.000000642. The standard InChI is InChI=1S/C22H31NO3.C15H20O3.C8H15NO/c1-3-23(4-2)17-11-12-18-26-21(24)22(25,19-13-7-5-8-14-19)20-15-9-6-10-16-20;1-18-14(16)15(17,12-8-4-2-5-9-12)13-10-6-3-7-11-13;1-3-9(4-2)7-5-6-8-10/h5,7-8,13-14,20,25H,3-4,6,9-10,15-18H2,1-2H3;2,4-5,8-9,13,17H,3,6-7,10-11H2,1H3;10H,3-4,7-8H2,1-2H3/t22-;15-;/m11./s1/i1D3,2D3,3D2,4D2,5D,6D2,7D,8D,9D2,10D2,13D,14D,15D2,16D2,17D2,18D2,20D;2D,3D2,4D,5D,6D2,7D2,8D,9D,10D2,11D2,13D;1D3,2D3,3D2,4D2,7D2,8D2. The number of hydrogen-bond donors (Lipinski definition) is 3. The summed E-state index contributed by atoms with van der Waals surface area (Å²) in [6.07, 6.45) is -43.8. The van der Waals surface area contributed by atoms with E-state index in [1.807, 2.05) is 0 Å². The van der Waals surface area contributed by atoms with Gasteiger partial charge in [-0.1, -0.05) is 150 Å². The molecule has 2 aliphatic carbocycles. The van der Waals surface area contributed by atoms with Gasteiger partial charge in [0.2, 0.25) is 0 Å². The van der Waals surface area contributed by atoms with E-state index in [2.05, 4.69) is 9.47 Å². The van der Waals surface area contributed by atoms with Crippen molar-refractivity contribution in [2.24, 2.45) is 11.8 Å². The molecule has 4 rings (SSSR count). The van der Waals surface area contributed by atoms with Crippen molar-refractivity contribution in [2.45, 2.75) is 102 Å². The summed E-state index contributed by atoms with van der Waals surface area (Å²) >= 11 is 0. The van der Waals surface area contributed by atoms with Gasteiger partial charge in [0, 0.05) is 69.4 Å². The number of aliphatic hydroxyl groups is 3. The van der Waals surface area contributed by atoms with Gasteiger partial charge in [-0.3, -0.25) is 9.80 Å². The molecule has 0 heterocycles. The first kappa shape index (κ1) is 9.87. The molecule has 2 aromatic carbocycles. The van der Waals surface area contributed by atoms with Crippen LogP contribution in [0.25, 0.3) is 0 Å². The lowest BCUT2D eigenvalue weighted by atomic mass is 9.73. The van der Waals surface area contributed by atoms with E-state index >= 15 is 0 Å². The lowest BCUT2D eigenvalue weighted by Gasteiger charge is -2.36. The van der Waals surface area contributed by atoms with E-state index in [9.17, 15) is 19.8 Å². The van der Waals surface area contributed by atoms with E-state index in [-0.39, 0.29) is 0 Å². The second kappa shape index (κ2) is 26.2. The molecule has 0 unspecified atom stereocenters. The van der Waals surface area contributed by atoms with E-state index in [1.54, 1.807) is 0 Å². The van der Waals surface area contributed by atoms with Crippen molar-refractivity contribution in [3.8, 4) is 23.7 Å². The monoisotopic (exact) mass is 807 g/mol.